The molecule has 270 valence electrons. The van der Waals surface area contributed by atoms with Gasteiger partial charge in [-0.15, -0.1) is 0 Å². The van der Waals surface area contributed by atoms with Gasteiger partial charge in [-0.05, 0) is 90.7 Å². The third kappa shape index (κ3) is 5.46. The van der Waals surface area contributed by atoms with E-state index in [0.717, 1.165) is 82.8 Å². The normalized spacial score (nSPS) is 11.2. The molecule has 0 fully saturated rings. The van der Waals surface area contributed by atoms with Crippen molar-refractivity contribution in [2.45, 2.75) is 13.8 Å². The number of nitriles is 2. The molecule has 10 aromatic rings. The fourth-order valence-electron chi connectivity index (χ4n) is 8.33. The molecule has 0 saturated carbocycles. The summed E-state index contributed by atoms with van der Waals surface area (Å²) in [5.74, 6) is 1.64. The largest absolute Gasteiger partial charge is 0.308 e. The SMILES string of the molecule is [C-]#[N+]c1cccc(-c2ccc3c4ccccc4n(-c4cc(C#N)cc(-n5c6ccccc6c6ccc(-c7cccc(C#N)c7)cc65)c4-c4nc(C)nc(C)n4)c3c2)c1. The molecule has 58 heavy (non-hydrogen) atoms. The summed E-state index contributed by atoms with van der Waals surface area (Å²) in [6, 6.07) is 53.2. The number of aromatic nitrogens is 5. The van der Waals surface area contributed by atoms with Crippen molar-refractivity contribution in [1.29, 1.82) is 10.5 Å². The Morgan fingerprint density at radius 3 is 1.53 bits per heavy atom. The van der Waals surface area contributed by atoms with Crippen LogP contribution in [0, 0.1) is 43.1 Å². The number of hydrogen-bond donors (Lipinski definition) is 0. The van der Waals surface area contributed by atoms with Gasteiger partial charge in [0.25, 0.3) is 0 Å². The Balaban J connectivity index is 1.36. The van der Waals surface area contributed by atoms with Crippen LogP contribution in [0.5, 0.6) is 0 Å². The molecular weight excluding hydrogens is 713 g/mol. The van der Waals surface area contributed by atoms with Gasteiger partial charge in [-0.2, -0.15) is 10.5 Å². The summed E-state index contributed by atoms with van der Waals surface area (Å²) in [5.41, 5.74) is 11.4. The van der Waals surface area contributed by atoms with Gasteiger partial charge < -0.3 is 9.13 Å². The van der Waals surface area contributed by atoms with Crippen LogP contribution in [0.3, 0.4) is 0 Å². The summed E-state index contributed by atoms with van der Waals surface area (Å²) >= 11 is 0. The molecule has 0 bridgehead atoms. The first kappa shape index (κ1) is 34.1. The van der Waals surface area contributed by atoms with E-state index < -0.39 is 0 Å². The van der Waals surface area contributed by atoms with Crippen LogP contribution in [0.15, 0.2) is 146 Å². The Morgan fingerprint density at radius 2 is 0.983 bits per heavy atom. The highest BCUT2D eigenvalue weighted by Crippen LogP contribution is 2.43. The highest BCUT2D eigenvalue weighted by molar-refractivity contribution is 6.13. The number of benzene rings is 7. The van der Waals surface area contributed by atoms with Gasteiger partial charge in [0.2, 0.25) is 0 Å². The average molecular weight is 743 g/mol. The van der Waals surface area contributed by atoms with E-state index in [2.05, 4.69) is 91.8 Å². The molecule has 3 heterocycles. The third-order valence-corrected chi connectivity index (χ3v) is 10.8. The minimum Gasteiger partial charge on any atom is -0.308 e. The molecule has 0 saturated heterocycles. The van der Waals surface area contributed by atoms with Crippen molar-refractivity contribution in [2.75, 3.05) is 0 Å². The highest BCUT2D eigenvalue weighted by atomic mass is 15.1. The van der Waals surface area contributed by atoms with E-state index in [1.54, 1.807) is 6.07 Å². The maximum Gasteiger partial charge on any atom is 0.187 e. The van der Waals surface area contributed by atoms with Crippen molar-refractivity contribution >= 4 is 49.3 Å². The van der Waals surface area contributed by atoms with Crippen LogP contribution in [0.2, 0.25) is 0 Å². The summed E-state index contributed by atoms with van der Waals surface area (Å²) in [6.07, 6.45) is 0. The lowest BCUT2D eigenvalue weighted by Gasteiger charge is -2.20. The van der Waals surface area contributed by atoms with Crippen molar-refractivity contribution in [2.24, 2.45) is 0 Å². The van der Waals surface area contributed by atoms with E-state index in [1.807, 2.05) is 92.7 Å². The van der Waals surface area contributed by atoms with Gasteiger partial charge in [-0.3, -0.25) is 0 Å². The minimum absolute atomic E-state index is 0.465. The molecular formula is C50H30N8. The maximum absolute atomic E-state index is 10.8. The Labute approximate surface area is 333 Å². The second-order valence-electron chi connectivity index (χ2n) is 14.3. The highest BCUT2D eigenvalue weighted by Gasteiger charge is 2.25. The zero-order chi connectivity index (χ0) is 39.5. The van der Waals surface area contributed by atoms with Crippen LogP contribution >= 0.6 is 0 Å². The van der Waals surface area contributed by atoms with Crippen LogP contribution in [-0.2, 0) is 0 Å². The van der Waals surface area contributed by atoms with E-state index in [9.17, 15) is 10.5 Å². The van der Waals surface area contributed by atoms with Crippen LogP contribution in [-0.4, -0.2) is 24.1 Å². The van der Waals surface area contributed by atoms with E-state index in [4.69, 9.17) is 16.5 Å². The van der Waals surface area contributed by atoms with E-state index in [1.165, 1.54) is 0 Å². The van der Waals surface area contributed by atoms with Gasteiger partial charge >= 0.3 is 0 Å². The topological polar surface area (TPSA) is 100 Å². The molecule has 10 rings (SSSR count). The summed E-state index contributed by atoms with van der Waals surface area (Å²) in [4.78, 5) is 18.2. The molecule has 7 aromatic carbocycles. The molecule has 0 aliphatic carbocycles. The lowest BCUT2D eigenvalue weighted by molar-refractivity contribution is 0.924. The first-order chi connectivity index (χ1) is 28.4. The molecule has 0 atom stereocenters. The smallest absolute Gasteiger partial charge is 0.187 e. The molecule has 3 aromatic heterocycles. The first-order valence-corrected chi connectivity index (χ1v) is 18.8. The van der Waals surface area contributed by atoms with Gasteiger partial charge in [0.15, 0.2) is 11.5 Å². The van der Waals surface area contributed by atoms with Crippen LogP contribution in [0.25, 0.3) is 93.5 Å². The second-order valence-corrected chi connectivity index (χ2v) is 14.3. The van der Waals surface area contributed by atoms with Gasteiger partial charge in [0.1, 0.15) is 11.6 Å². The number of aryl methyl sites for hydroxylation is 2. The van der Waals surface area contributed by atoms with Gasteiger partial charge in [0.05, 0.1) is 68.8 Å². The molecule has 0 radical (unpaired) electrons. The van der Waals surface area contributed by atoms with E-state index in [0.29, 0.717) is 34.3 Å². The number of hydrogen-bond acceptors (Lipinski definition) is 5. The molecule has 0 aliphatic rings. The standard InChI is InChI=1S/C50H30N8/c1-30-54-31(2)56-50(55-30)49-47(57-43-16-6-4-14-39(43)41-20-18-36(26-45(41)57)34-11-8-10-32(22-34)28-51)23-33(29-52)24-48(49)58-44-17-7-5-15-40(44)42-21-19-37(27-46(42)58)35-12-9-13-38(25-35)53-3/h4-27H,1-2H3. The van der Waals surface area contributed by atoms with Gasteiger partial charge in [-0.25, -0.2) is 19.8 Å². The van der Waals surface area contributed by atoms with Crippen LogP contribution < -0.4 is 0 Å². The van der Waals surface area contributed by atoms with Gasteiger partial charge in [0, 0.05) is 21.5 Å². The molecule has 0 unspecified atom stereocenters. The van der Waals surface area contributed by atoms with Crippen LogP contribution in [0.4, 0.5) is 5.69 Å². The summed E-state index contributed by atoms with van der Waals surface area (Å²) in [5, 5.41) is 24.7. The van der Waals surface area contributed by atoms with Gasteiger partial charge in [-0.1, -0.05) is 91.0 Å². The Bertz CT molecular complexity index is 3260. The molecule has 0 aliphatic heterocycles. The van der Waals surface area contributed by atoms with Crippen molar-refractivity contribution < 1.29 is 0 Å². The number of fused-ring (bicyclic) bond motifs is 6. The summed E-state index contributed by atoms with van der Waals surface area (Å²) in [6.45, 7) is 11.4. The Morgan fingerprint density at radius 1 is 0.483 bits per heavy atom. The van der Waals surface area contributed by atoms with Crippen LogP contribution in [0.1, 0.15) is 22.8 Å². The molecule has 0 N–H and O–H groups in total. The van der Waals surface area contributed by atoms with E-state index in [-0.39, 0.29) is 0 Å². The second kappa shape index (κ2) is 13.4. The summed E-state index contributed by atoms with van der Waals surface area (Å²) in [7, 11) is 0. The zero-order valence-electron chi connectivity index (χ0n) is 31.4. The monoisotopic (exact) mass is 742 g/mol. The average Bonchev–Trinajstić information content (AvgIpc) is 3.77. The fourth-order valence-corrected chi connectivity index (χ4v) is 8.33. The molecule has 0 spiro atoms. The van der Waals surface area contributed by atoms with Crippen molar-refractivity contribution in [1.82, 2.24) is 24.1 Å². The Kier molecular flexibility index (Phi) is 7.90. The first-order valence-electron chi connectivity index (χ1n) is 18.8. The molecule has 8 nitrogen and oxygen atoms in total. The van der Waals surface area contributed by atoms with E-state index >= 15 is 0 Å². The Hall–Kier alpha value is -8.38. The number of nitrogens with zero attached hydrogens (tertiary/aromatic N) is 8. The number of rotatable bonds is 5. The van der Waals surface area contributed by atoms with Crippen molar-refractivity contribution in [3.8, 4) is 57.2 Å². The molecule has 8 heteroatoms. The zero-order valence-corrected chi connectivity index (χ0v) is 31.4. The number of para-hydroxylation sites is 2. The predicted octanol–water partition coefficient (Wildman–Crippen LogP) is 12.0. The third-order valence-electron chi connectivity index (χ3n) is 10.8. The minimum atomic E-state index is 0.465. The quantitative estimate of drug-likeness (QED) is 0.163. The predicted molar refractivity (Wildman–Crippen MR) is 230 cm³/mol. The fraction of sp³-hybridized carbons (Fsp3) is 0.0400. The van der Waals surface area contributed by atoms with Crippen molar-refractivity contribution in [3.63, 3.8) is 0 Å². The lowest BCUT2D eigenvalue weighted by atomic mass is 10.0. The summed E-state index contributed by atoms with van der Waals surface area (Å²) < 4.78 is 4.43. The molecule has 0 amide bonds. The maximum atomic E-state index is 10.8. The lowest BCUT2D eigenvalue weighted by Crippen LogP contribution is -2.08. The van der Waals surface area contributed by atoms with Crippen molar-refractivity contribution in [3.05, 3.63) is 180 Å².